The Hall–Kier alpha value is -3.75. The quantitative estimate of drug-likeness (QED) is 0.499. The smallest absolute Gasteiger partial charge is 0.390 e. The number of amides is 1. The molecule has 0 spiro atoms. The molecule has 3 aromatic rings. The number of hydrogen-bond acceptors (Lipinski definition) is 5. The fourth-order valence-corrected chi connectivity index (χ4v) is 2.60. The number of rotatable bonds is 7. The van der Waals surface area contributed by atoms with E-state index >= 15 is 0 Å². The van der Waals surface area contributed by atoms with Crippen molar-refractivity contribution in [3.8, 4) is 5.75 Å². The van der Waals surface area contributed by atoms with Gasteiger partial charge < -0.3 is 20.2 Å². The number of benzene rings is 2. The summed E-state index contributed by atoms with van der Waals surface area (Å²) < 4.78 is 20.1. The van der Waals surface area contributed by atoms with E-state index in [4.69, 9.17) is 4.74 Å². The van der Waals surface area contributed by atoms with Crippen molar-refractivity contribution in [1.82, 2.24) is 15.1 Å². The molecular formula is C19H17FN4O4. The molecule has 1 amide bonds. The average Bonchev–Trinajstić information content (AvgIpc) is 3.12. The van der Waals surface area contributed by atoms with E-state index in [1.165, 1.54) is 18.2 Å². The summed E-state index contributed by atoms with van der Waals surface area (Å²) in [7, 11) is 1.56. The molecule has 0 aliphatic heterocycles. The van der Waals surface area contributed by atoms with E-state index in [-0.39, 0.29) is 24.3 Å². The zero-order valence-corrected chi connectivity index (χ0v) is 15.0. The van der Waals surface area contributed by atoms with Crippen LogP contribution in [0.25, 0.3) is 0 Å². The maximum absolute atomic E-state index is 13.9. The van der Waals surface area contributed by atoms with Crippen LogP contribution in [0.5, 0.6) is 5.75 Å². The predicted molar refractivity (Wildman–Crippen MR) is 98.5 cm³/mol. The SMILES string of the molecule is COc1ccc(CNC(=O)c2cc([N+](=O)[O-])nn2Cc2ccccc2F)cc1. The van der Waals surface area contributed by atoms with E-state index in [0.717, 1.165) is 16.3 Å². The van der Waals surface area contributed by atoms with Crippen molar-refractivity contribution >= 4 is 11.7 Å². The molecule has 0 aliphatic rings. The van der Waals surface area contributed by atoms with Gasteiger partial charge in [0.05, 0.1) is 24.8 Å². The Morgan fingerprint density at radius 2 is 1.96 bits per heavy atom. The number of carbonyl (C=O) groups excluding carboxylic acids is 1. The molecule has 0 unspecified atom stereocenters. The highest BCUT2D eigenvalue weighted by molar-refractivity contribution is 5.93. The maximum Gasteiger partial charge on any atom is 0.390 e. The van der Waals surface area contributed by atoms with Crippen molar-refractivity contribution in [2.45, 2.75) is 13.1 Å². The van der Waals surface area contributed by atoms with E-state index in [9.17, 15) is 19.3 Å². The summed E-state index contributed by atoms with van der Waals surface area (Å²) in [6.07, 6.45) is 0. The van der Waals surface area contributed by atoms with Crippen molar-refractivity contribution in [2.24, 2.45) is 0 Å². The lowest BCUT2D eigenvalue weighted by molar-refractivity contribution is -0.389. The maximum atomic E-state index is 13.9. The molecule has 2 aromatic carbocycles. The molecule has 1 N–H and O–H groups in total. The van der Waals surface area contributed by atoms with Gasteiger partial charge in [-0.15, -0.1) is 0 Å². The van der Waals surface area contributed by atoms with Crippen LogP contribution in [-0.2, 0) is 13.1 Å². The van der Waals surface area contributed by atoms with Crippen LogP contribution in [-0.4, -0.2) is 27.7 Å². The van der Waals surface area contributed by atoms with Crippen LogP contribution in [0, 0.1) is 15.9 Å². The summed E-state index contributed by atoms with van der Waals surface area (Å²) in [5.74, 6) is -0.822. The van der Waals surface area contributed by atoms with Gasteiger partial charge in [-0.1, -0.05) is 30.3 Å². The minimum atomic E-state index is -0.696. The molecular weight excluding hydrogens is 367 g/mol. The molecule has 144 valence electrons. The Morgan fingerprint density at radius 3 is 2.61 bits per heavy atom. The van der Waals surface area contributed by atoms with Crippen LogP contribution in [0.15, 0.2) is 54.6 Å². The molecule has 1 heterocycles. The normalized spacial score (nSPS) is 10.5. The number of nitrogens with one attached hydrogen (secondary N) is 1. The second-order valence-electron chi connectivity index (χ2n) is 5.92. The van der Waals surface area contributed by atoms with E-state index in [0.29, 0.717) is 5.75 Å². The molecule has 9 heteroatoms. The first-order chi connectivity index (χ1) is 13.5. The van der Waals surface area contributed by atoms with Gasteiger partial charge in [0.2, 0.25) is 0 Å². The standard InChI is InChI=1S/C19H17FN4O4/c1-28-15-8-6-13(7-9-15)11-21-19(25)17-10-18(24(26)27)22-23(17)12-14-4-2-3-5-16(14)20/h2-10H,11-12H2,1H3,(H,21,25). The molecule has 28 heavy (non-hydrogen) atoms. The third-order valence-electron chi connectivity index (χ3n) is 4.08. The highest BCUT2D eigenvalue weighted by atomic mass is 19.1. The van der Waals surface area contributed by atoms with Crippen LogP contribution in [0.1, 0.15) is 21.6 Å². The second-order valence-corrected chi connectivity index (χ2v) is 5.92. The van der Waals surface area contributed by atoms with E-state index in [1.54, 1.807) is 37.4 Å². The minimum absolute atomic E-state index is 0.0246. The first kappa shape index (κ1) is 19.0. The molecule has 0 radical (unpaired) electrons. The Kier molecular flexibility index (Phi) is 5.64. The lowest BCUT2D eigenvalue weighted by atomic mass is 10.2. The van der Waals surface area contributed by atoms with E-state index in [1.807, 2.05) is 0 Å². The summed E-state index contributed by atoms with van der Waals surface area (Å²) >= 11 is 0. The Bertz CT molecular complexity index is 1000. The van der Waals surface area contributed by atoms with Crippen molar-refractivity contribution in [1.29, 1.82) is 0 Å². The van der Waals surface area contributed by atoms with E-state index < -0.39 is 22.5 Å². The number of nitrogens with zero attached hydrogens (tertiary/aromatic N) is 3. The van der Waals surface area contributed by atoms with Crippen LogP contribution in [0.4, 0.5) is 10.2 Å². The summed E-state index contributed by atoms with van der Waals surface area (Å²) in [5, 5.41) is 17.6. The molecule has 0 aliphatic carbocycles. The largest absolute Gasteiger partial charge is 0.497 e. The summed E-state index contributed by atoms with van der Waals surface area (Å²) in [4.78, 5) is 22.9. The predicted octanol–water partition coefficient (Wildman–Crippen LogP) is 2.92. The van der Waals surface area contributed by atoms with E-state index in [2.05, 4.69) is 10.4 Å². The fraction of sp³-hybridized carbons (Fsp3) is 0.158. The number of methoxy groups -OCH3 is 1. The number of hydrogen-bond donors (Lipinski definition) is 1. The van der Waals surface area contributed by atoms with Gasteiger partial charge in [0.15, 0.2) is 5.69 Å². The highest BCUT2D eigenvalue weighted by Crippen LogP contribution is 2.16. The van der Waals surface area contributed by atoms with Gasteiger partial charge in [-0.25, -0.2) is 4.39 Å². The summed E-state index contributed by atoms with van der Waals surface area (Å²) in [6.45, 7) is 0.104. The zero-order chi connectivity index (χ0) is 20.1. The molecule has 8 nitrogen and oxygen atoms in total. The van der Waals surface area contributed by atoms with Crippen molar-refractivity contribution in [3.05, 3.63) is 87.3 Å². The average molecular weight is 384 g/mol. The topological polar surface area (TPSA) is 99.3 Å². The minimum Gasteiger partial charge on any atom is -0.497 e. The second kappa shape index (κ2) is 8.30. The fourth-order valence-electron chi connectivity index (χ4n) is 2.60. The van der Waals surface area contributed by atoms with Crippen LogP contribution in [0.3, 0.4) is 0 Å². The number of halogens is 1. The van der Waals surface area contributed by atoms with Crippen molar-refractivity contribution in [3.63, 3.8) is 0 Å². The third-order valence-corrected chi connectivity index (χ3v) is 4.08. The molecule has 1 aromatic heterocycles. The Morgan fingerprint density at radius 1 is 1.25 bits per heavy atom. The number of aromatic nitrogens is 2. The van der Waals surface area contributed by atoms with Gasteiger partial charge in [0, 0.05) is 12.1 Å². The summed E-state index contributed by atoms with van der Waals surface area (Å²) in [6, 6.07) is 14.1. The van der Waals surface area contributed by atoms with Crippen LogP contribution in [0.2, 0.25) is 0 Å². The Balaban J connectivity index is 1.79. The number of nitro groups is 1. The van der Waals surface area contributed by atoms with Gasteiger partial charge >= 0.3 is 5.82 Å². The van der Waals surface area contributed by atoms with Crippen molar-refractivity contribution < 1.29 is 18.8 Å². The van der Waals surface area contributed by atoms with Gasteiger partial charge in [-0.05, 0) is 28.7 Å². The molecule has 0 bridgehead atoms. The third kappa shape index (κ3) is 4.32. The van der Waals surface area contributed by atoms with Gasteiger partial charge in [0.25, 0.3) is 5.91 Å². The zero-order valence-electron chi connectivity index (χ0n) is 15.0. The Labute approximate surface area is 159 Å². The molecule has 0 saturated carbocycles. The number of carbonyl (C=O) groups is 1. The van der Waals surface area contributed by atoms with Gasteiger partial charge in [-0.2, -0.15) is 4.68 Å². The summed E-state index contributed by atoms with van der Waals surface area (Å²) in [5.41, 5.74) is 1.07. The molecule has 0 fully saturated rings. The molecule has 0 atom stereocenters. The van der Waals surface area contributed by atoms with Gasteiger partial charge in [0.1, 0.15) is 11.6 Å². The van der Waals surface area contributed by atoms with Crippen LogP contribution < -0.4 is 10.1 Å². The lowest BCUT2D eigenvalue weighted by Gasteiger charge is -2.07. The van der Waals surface area contributed by atoms with Gasteiger partial charge in [-0.3, -0.25) is 4.79 Å². The molecule has 0 saturated heterocycles. The van der Waals surface area contributed by atoms with Crippen LogP contribution >= 0.6 is 0 Å². The molecule has 3 rings (SSSR count). The first-order valence-corrected chi connectivity index (χ1v) is 8.34. The first-order valence-electron chi connectivity index (χ1n) is 8.34. The highest BCUT2D eigenvalue weighted by Gasteiger charge is 2.24. The van der Waals surface area contributed by atoms with Crippen molar-refractivity contribution in [2.75, 3.05) is 7.11 Å². The monoisotopic (exact) mass is 384 g/mol. The lowest BCUT2D eigenvalue weighted by Crippen LogP contribution is -2.26. The number of ether oxygens (including phenoxy) is 1.